The van der Waals surface area contributed by atoms with Gasteiger partial charge in [0.05, 0.1) is 11.3 Å². The van der Waals surface area contributed by atoms with Crippen LogP contribution in [0.1, 0.15) is 30.1 Å². The van der Waals surface area contributed by atoms with Crippen LogP contribution in [-0.4, -0.2) is 20.8 Å². The molecule has 1 N–H and O–H groups in total. The Morgan fingerprint density at radius 3 is 2.67 bits per heavy atom. The summed E-state index contributed by atoms with van der Waals surface area (Å²) in [5.41, 5.74) is 3.40. The maximum atomic E-state index is 4.52. The third kappa shape index (κ3) is 2.62. The highest BCUT2D eigenvalue weighted by atomic mass is 32.1. The number of hydrogen-bond donors (Lipinski definition) is 1. The second-order valence-electron chi connectivity index (χ2n) is 4.84. The Morgan fingerprint density at radius 1 is 1.39 bits per heavy atom. The SMILES string of the molecule is Cc1nn(C)c(C)c1-c1ncc(CNC(C)C)s1. The van der Waals surface area contributed by atoms with Crippen molar-refractivity contribution < 1.29 is 0 Å². The molecule has 0 aliphatic carbocycles. The average Bonchev–Trinajstić information content (AvgIpc) is 2.83. The number of hydrogen-bond acceptors (Lipinski definition) is 4. The van der Waals surface area contributed by atoms with Crippen LogP contribution in [0.4, 0.5) is 0 Å². The molecule has 2 aromatic heterocycles. The summed E-state index contributed by atoms with van der Waals surface area (Å²) < 4.78 is 1.91. The molecule has 18 heavy (non-hydrogen) atoms. The molecule has 0 saturated carbocycles. The largest absolute Gasteiger partial charge is 0.310 e. The van der Waals surface area contributed by atoms with Gasteiger partial charge in [-0.25, -0.2) is 4.98 Å². The predicted octanol–water partition coefficient (Wildman–Crippen LogP) is 2.66. The highest BCUT2D eigenvalue weighted by molar-refractivity contribution is 7.15. The monoisotopic (exact) mass is 264 g/mol. The summed E-state index contributed by atoms with van der Waals surface area (Å²) in [6, 6.07) is 0.498. The Kier molecular flexibility index (Phi) is 3.82. The first-order chi connectivity index (χ1) is 8.49. The summed E-state index contributed by atoms with van der Waals surface area (Å²) in [7, 11) is 1.97. The standard InChI is InChI=1S/C13H20N4S/c1-8(2)14-6-11-7-15-13(18-11)12-9(3)16-17(5)10(12)4/h7-8,14H,6H2,1-5H3. The van der Waals surface area contributed by atoms with Gasteiger partial charge < -0.3 is 5.32 Å². The molecule has 0 aliphatic heterocycles. The van der Waals surface area contributed by atoms with E-state index in [0.29, 0.717) is 6.04 Å². The quantitative estimate of drug-likeness (QED) is 0.923. The zero-order chi connectivity index (χ0) is 13.3. The second-order valence-corrected chi connectivity index (χ2v) is 5.95. The molecule has 0 amide bonds. The number of nitrogens with zero attached hydrogens (tertiary/aromatic N) is 3. The van der Waals surface area contributed by atoms with E-state index in [1.54, 1.807) is 11.3 Å². The van der Waals surface area contributed by atoms with Gasteiger partial charge in [-0.3, -0.25) is 4.68 Å². The van der Waals surface area contributed by atoms with Gasteiger partial charge in [0, 0.05) is 36.4 Å². The van der Waals surface area contributed by atoms with E-state index in [0.717, 1.165) is 17.2 Å². The van der Waals surface area contributed by atoms with Crippen LogP contribution in [0, 0.1) is 13.8 Å². The molecule has 0 aliphatic rings. The molecule has 0 atom stereocenters. The van der Waals surface area contributed by atoms with Crippen LogP contribution in [0.3, 0.4) is 0 Å². The maximum Gasteiger partial charge on any atom is 0.127 e. The smallest absolute Gasteiger partial charge is 0.127 e. The Morgan fingerprint density at radius 2 is 2.11 bits per heavy atom. The zero-order valence-corrected chi connectivity index (χ0v) is 12.4. The Bertz CT molecular complexity index is 539. The van der Waals surface area contributed by atoms with Crippen molar-refractivity contribution in [3.8, 4) is 10.6 Å². The number of aryl methyl sites for hydroxylation is 2. The molecule has 0 fully saturated rings. The summed E-state index contributed by atoms with van der Waals surface area (Å²) in [6.45, 7) is 9.31. The highest BCUT2D eigenvalue weighted by Gasteiger charge is 2.15. The Labute approximate surface area is 112 Å². The lowest BCUT2D eigenvalue weighted by atomic mass is 10.2. The third-order valence-corrected chi connectivity index (χ3v) is 3.98. The molecule has 4 nitrogen and oxygen atoms in total. The van der Waals surface area contributed by atoms with Crippen LogP contribution in [0.25, 0.3) is 10.6 Å². The van der Waals surface area contributed by atoms with Crippen molar-refractivity contribution in [3.63, 3.8) is 0 Å². The van der Waals surface area contributed by atoms with Gasteiger partial charge in [0.1, 0.15) is 5.01 Å². The van der Waals surface area contributed by atoms with Crippen molar-refractivity contribution >= 4 is 11.3 Å². The minimum absolute atomic E-state index is 0.498. The molecule has 0 bridgehead atoms. The minimum atomic E-state index is 0.498. The van der Waals surface area contributed by atoms with Gasteiger partial charge in [-0.2, -0.15) is 5.10 Å². The minimum Gasteiger partial charge on any atom is -0.310 e. The molecule has 0 unspecified atom stereocenters. The highest BCUT2D eigenvalue weighted by Crippen LogP contribution is 2.30. The normalized spacial score (nSPS) is 11.4. The number of thiazole rings is 1. The molecular weight excluding hydrogens is 244 g/mol. The zero-order valence-electron chi connectivity index (χ0n) is 11.6. The fraction of sp³-hybridized carbons (Fsp3) is 0.538. The average molecular weight is 264 g/mol. The maximum absolute atomic E-state index is 4.52. The predicted molar refractivity (Wildman–Crippen MR) is 75.8 cm³/mol. The number of nitrogens with one attached hydrogen (secondary N) is 1. The lowest BCUT2D eigenvalue weighted by molar-refractivity contribution is 0.593. The van der Waals surface area contributed by atoms with Crippen LogP contribution in [0.2, 0.25) is 0 Å². The summed E-state index contributed by atoms with van der Waals surface area (Å²) in [5.74, 6) is 0. The molecule has 0 radical (unpaired) electrons. The van der Waals surface area contributed by atoms with Crippen molar-refractivity contribution in [3.05, 3.63) is 22.5 Å². The topological polar surface area (TPSA) is 42.7 Å². The summed E-state index contributed by atoms with van der Waals surface area (Å²) >= 11 is 1.74. The Hall–Kier alpha value is -1.20. The molecule has 2 rings (SSSR count). The molecule has 0 spiro atoms. The molecule has 5 heteroatoms. The first kappa shape index (κ1) is 13.2. The van der Waals surface area contributed by atoms with Crippen LogP contribution < -0.4 is 5.32 Å². The van der Waals surface area contributed by atoms with Crippen LogP contribution in [0.15, 0.2) is 6.20 Å². The van der Waals surface area contributed by atoms with E-state index >= 15 is 0 Å². The molecule has 2 aromatic rings. The van der Waals surface area contributed by atoms with Gasteiger partial charge in [0.25, 0.3) is 0 Å². The van der Waals surface area contributed by atoms with E-state index in [4.69, 9.17) is 0 Å². The van der Waals surface area contributed by atoms with Crippen molar-refractivity contribution in [1.29, 1.82) is 0 Å². The van der Waals surface area contributed by atoms with E-state index in [1.807, 2.05) is 24.9 Å². The van der Waals surface area contributed by atoms with Gasteiger partial charge in [-0.15, -0.1) is 11.3 Å². The van der Waals surface area contributed by atoms with Crippen LogP contribution in [0.5, 0.6) is 0 Å². The van der Waals surface area contributed by atoms with E-state index < -0.39 is 0 Å². The van der Waals surface area contributed by atoms with Crippen molar-refractivity contribution in [2.75, 3.05) is 0 Å². The van der Waals surface area contributed by atoms with Gasteiger partial charge in [-0.05, 0) is 13.8 Å². The lowest BCUT2D eigenvalue weighted by Crippen LogP contribution is -2.21. The second kappa shape index (κ2) is 5.20. The van der Waals surface area contributed by atoms with Crippen LogP contribution in [-0.2, 0) is 13.6 Å². The first-order valence-electron chi connectivity index (χ1n) is 6.17. The van der Waals surface area contributed by atoms with E-state index in [2.05, 4.69) is 36.2 Å². The molecule has 0 saturated heterocycles. The van der Waals surface area contributed by atoms with Crippen molar-refractivity contribution in [2.24, 2.45) is 7.05 Å². The number of aromatic nitrogens is 3. The van der Waals surface area contributed by atoms with Crippen molar-refractivity contribution in [1.82, 2.24) is 20.1 Å². The third-order valence-electron chi connectivity index (χ3n) is 2.96. The summed E-state index contributed by atoms with van der Waals surface area (Å²) in [5, 5.41) is 8.92. The van der Waals surface area contributed by atoms with Crippen LogP contribution >= 0.6 is 11.3 Å². The summed E-state index contributed by atoms with van der Waals surface area (Å²) in [4.78, 5) is 5.79. The fourth-order valence-electron chi connectivity index (χ4n) is 1.89. The van der Waals surface area contributed by atoms with E-state index in [9.17, 15) is 0 Å². The number of rotatable bonds is 4. The molecule has 98 valence electrons. The summed E-state index contributed by atoms with van der Waals surface area (Å²) in [6.07, 6.45) is 1.96. The van der Waals surface area contributed by atoms with Crippen molar-refractivity contribution in [2.45, 2.75) is 40.3 Å². The van der Waals surface area contributed by atoms with Gasteiger partial charge >= 0.3 is 0 Å². The molecule has 2 heterocycles. The molecule has 0 aromatic carbocycles. The molecular formula is C13H20N4S. The van der Waals surface area contributed by atoms with Gasteiger partial charge in [0.15, 0.2) is 0 Å². The first-order valence-corrected chi connectivity index (χ1v) is 6.99. The van der Waals surface area contributed by atoms with Gasteiger partial charge in [-0.1, -0.05) is 13.8 Å². The fourth-order valence-corrected chi connectivity index (χ4v) is 2.90. The van der Waals surface area contributed by atoms with Gasteiger partial charge in [0.2, 0.25) is 0 Å². The Balaban J connectivity index is 2.24. The lowest BCUT2D eigenvalue weighted by Gasteiger charge is -2.04. The van der Waals surface area contributed by atoms with E-state index in [-0.39, 0.29) is 0 Å². The van der Waals surface area contributed by atoms with E-state index in [1.165, 1.54) is 16.1 Å².